The Balaban J connectivity index is 1.59. The zero-order chi connectivity index (χ0) is 26.9. The zero-order valence-corrected chi connectivity index (χ0v) is 23.3. The molecule has 0 fully saturated rings. The van der Waals surface area contributed by atoms with E-state index in [0.29, 0.717) is 0 Å². The van der Waals surface area contributed by atoms with E-state index in [2.05, 4.69) is 127 Å². The molecule has 8 rings (SSSR count). The molecule has 5 aromatic carbocycles. The van der Waals surface area contributed by atoms with E-state index in [0.717, 1.165) is 16.5 Å². The van der Waals surface area contributed by atoms with E-state index in [1.54, 1.807) is 0 Å². The van der Waals surface area contributed by atoms with Gasteiger partial charge in [-0.25, -0.2) is 0 Å². The molecule has 40 heavy (non-hydrogen) atoms. The quantitative estimate of drug-likeness (QED) is 0.200. The van der Waals surface area contributed by atoms with Crippen LogP contribution in [0.5, 0.6) is 0 Å². The van der Waals surface area contributed by atoms with Gasteiger partial charge >= 0.3 is 0 Å². The first-order chi connectivity index (χ1) is 19.7. The van der Waals surface area contributed by atoms with Crippen molar-refractivity contribution in [2.45, 2.75) is 17.3 Å². The van der Waals surface area contributed by atoms with Gasteiger partial charge in [-0.05, 0) is 86.7 Å². The maximum Gasteiger partial charge on any atom is 0.0720 e. The van der Waals surface area contributed by atoms with E-state index in [9.17, 15) is 0 Å². The summed E-state index contributed by atoms with van der Waals surface area (Å²) in [5.41, 5.74) is 10.5. The average molecular weight is 554 g/mol. The highest BCUT2D eigenvalue weighted by Crippen LogP contribution is 2.65. The first-order valence-corrected chi connectivity index (χ1v) is 14.6. The van der Waals surface area contributed by atoms with Gasteiger partial charge in [-0.15, -0.1) is 0 Å². The fourth-order valence-corrected chi connectivity index (χ4v) is 8.32. The molecule has 3 aliphatic carbocycles. The lowest BCUT2D eigenvalue weighted by Crippen LogP contribution is -2.47. The summed E-state index contributed by atoms with van der Waals surface area (Å²) in [6, 6.07) is 42.0. The number of hydrogen-bond acceptors (Lipinski definition) is 0. The van der Waals surface area contributed by atoms with Crippen LogP contribution in [0.1, 0.15) is 45.4 Å². The van der Waals surface area contributed by atoms with E-state index >= 15 is 0 Å². The van der Waals surface area contributed by atoms with Gasteiger partial charge in [0.25, 0.3) is 0 Å². The van der Waals surface area contributed by atoms with Gasteiger partial charge in [0.15, 0.2) is 0 Å². The Morgan fingerprint density at radius 2 is 1.05 bits per heavy atom. The second-order valence-electron chi connectivity index (χ2n) is 11.1. The molecule has 2 heteroatoms. The van der Waals surface area contributed by atoms with Crippen LogP contribution in [0.4, 0.5) is 0 Å². The smallest absolute Gasteiger partial charge is 0.0720 e. The van der Waals surface area contributed by atoms with Crippen molar-refractivity contribution >= 4 is 23.2 Å². The standard InChI is InChI=1S/C38H26Cl2/c39-27-19-21-29-30-22-20-28(40)24-36(30)38(35(29)23-27)33-17-9-7-15-31(33)37(25-11-3-1-4-12-25,26-13-5-2-6-14-26)32-16-8-10-18-34(32)38/h1-13,15-24,26H,14H2. The Morgan fingerprint density at radius 3 is 1.57 bits per heavy atom. The predicted octanol–water partition coefficient (Wildman–Crippen LogP) is 10.1. The number of halogens is 2. The van der Waals surface area contributed by atoms with Crippen LogP contribution < -0.4 is 0 Å². The van der Waals surface area contributed by atoms with Crippen LogP contribution in [0.2, 0.25) is 10.0 Å². The minimum Gasteiger partial charge on any atom is -0.0843 e. The fraction of sp³-hybridized carbons (Fsp3) is 0.105. The number of rotatable bonds is 2. The summed E-state index contributed by atoms with van der Waals surface area (Å²) in [5, 5.41) is 1.49. The largest absolute Gasteiger partial charge is 0.0843 e. The Bertz CT molecular complexity index is 1760. The third kappa shape index (κ3) is 2.99. The number of allylic oxidation sites excluding steroid dienone is 4. The van der Waals surface area contributed by atoms with E-state index < -0.39 is 5.41 Å². The Morgan fingerprint density at radius 1 is 0.525 bits per heavy atom. The van der Waals surface area contributed by atoms with Crippen LogP contribution in [-0.2, 0) is 10.8 Å². The highest BCUT2D eigenvalue weighted by Gasteiger charge is 2.57. The van der Waals surface area contributed by atoms with Gasteiger partial charge in [0, 0.05) is 10.0 Å². The number of fused-ring (bicyclic) bond motifs is 9. The lowest BCUT2D eigenvalue weighted by Gasteiger charge is -2.52. The van der Waals surface area contributed by atoms with Crippen molar-refractivity contribution in [3.05, 3.63) is 189 Å². The maximum absolute atomic E-state index is 6.78. The van der Waals surface area contributed by atoms with Crippen molar-refractivity contribution in [2.24, 2.45) is 5.92 Å². The normalized spacial score (nSPS) is 18.6. The van der Waals surface area contributed by atoms with Crippen molar-refractivity contribution in [1.29, 1.82) is 0 Å². The van der Waals surface area contributed by atoms with Crippen molar-refractivity contribution in [1.82, 2.24) is 0 Å². The summed E-state index contributed by atoms with van der Waals surface area (Å²) >= 11 is 13.6. The Labute approximate surface area is 245 Å². The SMILES string of the molecule is Clc1ccc2c(c1)C1(c3cc(Cl)ccc3-2)c2ccccc2C(c2ccccc2)(C2C=CC=CC2)c2ccccc21. The minimum absolute atomic E-state index is 0.249. The molecule has 0 saturated carbocycles. The molecule has 0 nitrogen and oxygen atoms in total. The first-order valence-electron chi connectivity index (χ1n) is 13.9. The summed E-state index contributed by atoms with van der Waals surface area (Å²) in [5.74, 6) is 0.249. The lowest BCUT2D eigenvalue weighted by atomic mass is 9.49. The van der Waals surface area contributed by atoms with E-state index in [4.69, 9.17) is 23.2 Å². The maximum atomic E-state index is 6.78. The second kappa shape index (κ2) is 8.83. The van der Waals surface area contributed by atoms with Crippen LogP contribution >= 0.6 is 23.2 Å². The van der Waals surface area contributed by atoms with Crippen LogP contribution in [0, 0.1) is 5.92 Å². The average Bonchev–Trinajstić information content (AvgIpc) is 3.28. The molecule has 0 bridgehead atoms. The van der Waals surface area contributed by atoms with Crippen LogP contribution in [0.3, 0.4) is 0 Å². The van der Waals surface area contributed by atoms with Crippen molar-refractivity contribution < 1.29 is 0 Å². The summed E-state index contributed by atoms with van der Waals surface area (Å²) in [4.78, 5) is 0. The molecule has 0 amide bonds. The highest BCUT2D eigenvalue weighted by atomic mass is 35.5. The van der Waals surface area contributed by atoms with Gasteiger partial charge in [-0.2, -0.15) is 0 Å². The van der Waals surface area contributed by atoms with E-state index in [-0.39, 0.29) is 11.3 Å². The van der Waals surface area contributed by atoms with Crippen molar-refractivity contribution in [2.75, 3.05) is 0 Å². The van der Waals surface area contributed by atoms with E-state index in [1.165, 1.54) is 50.1 Å². The van der Waals surface area contributed by atoms with Gasteiger partial charge in [0.2, 0.25) is 0 Å². The van der Waals surface area contributed by atoms with Crippen molar-refractivity contribution in [3.8, 4) is 11.1 Å². The molecule has 0 heterocycles. The molecular weight excluding hydrogens is 527 g/mol. The molecule has 0 aliphatic heterocycles. The molecule has 1 spiro atoms. The molecule has 1 unspecified atom stereocenters. The van der Waals surface area contributed by atoms with Gasteiger partial charge in [0.1, 0.15) is 0 Å². The summed E-state index contributed by atoms with van der Waals surface area (Å²) in [7, 11) is 0. The summed E-state index contributed by atoms with van der Waals surface area (Å²) in [6.07, 6.45) is 10.1. The molecule has 0 aromatic heterocycles. The molecule has 0 saturated heterocycles. The number of hydrogen-bond donors (Lipinski definition) is 0. The van der Waals surface area contributed by atoms with Gasteiger partial charge in [0.05, 0.1) is 10.8 Å². The third-order valence-electron chi connectivity index (χ3n) is 9.34. The molecule has 192 valence electrons. The molecule has 3 aliphatic rings. The molecule has 5 aromatic rings. The topological polar surface area (TPSA) is 0 Å². The predicted molar refractivity (Wildman–Crippen MR) is 166 cm³/mol. The second-order valence-corrected chi connectivity index (χ2v) is 11.9. The monoisotopic (exact) mass is 552 g/mol. The molecule has 1 atom stereocenters. The van der Waals surface area contributed by atoms with Gasteiger partial charge in [-0.1, -0.05) is 139 Å². The third-order valence-corrected chi connectivity index (χ3v) is 9.81. The summed E-state index contributed by atoms with van der Waals surface area (Å²) in [6.45, 7) is 0. The molecule has 0 N–H and O–H groups in total. The Hall–Kier alpha value is -3.84. The van der Waals surface area contributed by atoms with Gasteiger partial charge < -0.3 is 0 Å². The fourth-order valence-electron chi connectivity index (χ4n) is 7.97. The summed E-state index contributed by atoms with van der Waals surface area (Å²) < 4.78 is 0. The van der Waals surface area contributed by atoms with Crippen LogP contribution in [0.15, 0.2) is 140 Å². The minimum atomic E-state index is -0.542. The van der Waals surface area contributed by atoms with Gasteiger partial charge in [-0.3, -0.25) is 0 Å². The molecular formula is C38H26Cl2. The van der Waals surface area contributed by atoms with Crippen LogP contribution in [0.25, 0.3) is 11.1 Å². The van der Waals surface area contributed by atoms with E-state index in [1.807, 2.05) is 12.1 Å². The first kappa shape index (κ1) is 24.0. The number of benzene rings is 5. The zero-order valence-electron chi connectivity index (χ0n) is 21.8. The van der Waals surface area contributed by atoms with Crippen LogP contribution in [-0.4, -0.2) is 0 Å². The highest BCUT2D eigenvalue weighted by molar-refractivity contribution is 6.31. The molecule has 0 radical (unpaired) electrons. The lowest BCUT2D eigenvalue weighted by molar-refractivity contribution is 0.423. The Kier molecular flexibility index (Phi) is 5.30. The van der Waals surface area contributed by atoms with Crippen molar-refractivity contribution in [3.63, 3.8) is 0 Å².